The van der Waals surface area contributed by atoms with E-state index in [0.717, 1.165) is 10.9 Å². The van der Waals surface area contributed by atoms with Crippen LogP contribution in [-0.2, 0) is 0 Å². The molecule has 1 heterocycles. The van der Waals surface area contributed by atoms with Gasteiger partial charge in [0.2, 0.25) is 5.88 Å². The first kappa shape index (κ1) is 16.4. The van der Waals surface area contributed by atoms with Crippen molar-refractivity contribution in [3.05, 3.63) is 30.3 Å². The fraction of sp³-hybridized carbons (Fsp3) is 0.400. The molecule has 1 aromatic heterocycles. The van der Waals surface area contributed by atoms with Gasteiger partial charge in [-0.15, -0.1) is 4.73 Å². The van der Waals surface area contributed by atoms with Crippen LogP contribution in [0.25, 0.3) is 10.9 Å². The Bertz CT molecular complexity index is 615. The van der Waals surface area contributed by atoms with Crippen molar-refractivity contribution in [2.45, 2.75) is 6.42 Å². The quantitative estimate of drug-likeness (QED) is 0.512. The van der Waals surface area contributed by atoms with Crippen LogP contribution in [0.3, 0.4) is 0 Å². The van der Waals surface area contributed by atoms with Crippen molar-refractivity contribution in [1.29, 1.82) is 0 Å². The fourth-order valence-corrected chi connectivity index (χ4v) is 2.15. The zero-order chi connectivity index (χ0) is 15.8. The van der Waals surface area contributed by atoms with Crippen LogP contribution in [0, 0.1) is 0 Å². The molecule has 0 unspecified atom stereocenters. The first-order valence-electron chi connectivity index (χ1n) is 7.16. The number of nitrogens with one attached hydrogen (secondary N) is 2. The van der Waals surface area contributed by atoms with Gasteiger partial charge in [0, 0.05) is 36.7 Å². The number of hydrogen-bond donors (Lipinski definition) is 3. The molecule has 0 bridgehead atoms. The van der Waals surface area contributed by atoms with Gasteiger partial charge >= 0.3 is 6.03 Å². The van der Waals surface area contributed by atoms with Gasteiger partial charge in [-0.2, -0.15) is 12.6 Å². The van der Waals surface area contributed by atoms with E-state index in [1.54, 1.807) is 11.8 Å². The predicted octanol–water partition coefficient (Wildman–Crippen LogP) is 1.70. The normalized spacial score (nSPS) is 10.5. The smallest absolute Gasteiger partial charge is 0.314 e. The highest BCUT2D eigenvalue weighted by Gasteiger charge is 2.09. The minimum absolute atomic E-state index is 0.182. The first-order chi connectivity index (χ1) is 10.8. The standard InChI is InChI=1S/C15H21N3O3S/c1-20-14-11-12-5-2-3-6-13(12)18(14)21-9-4-7-16-15(19)17-8-10-22/h2-3,5-6,11,22H,4,7-10H2,1H3,(H2,16,17,19). The number of thiol groups is 1. The van der Waals surface area contributed by atoms with Crippen molar-refractivity contribution < 1.29 is 14.4 Å². The number of benzene rings is 1. The van der Waals surface area contributed by atoms with E-state index in [2.05, 4.69) is 23.3 Å². The molecule has 7 heteroatoms. The number of methoxy groups -OCH3 is 1. The molecule has 0 atom stereocenters. The highest BCUT2D eigenvalue weighted by atomic mass is 32.1. The number of aromatic nitrogens is 1. The molecule has 6 nitrogen and oxygen atoms in total. The van der Waals surface area contributed by atoms with Crippen LogP contribution in [-0.4, -0.2) is 43.3 Å². The topological polar surface area (TPSA) is 64.5 Å². The molecule has 0 aliphatic carbocycles. The summed E-state index contributed by atoms with van der Waals surface area (Å²) in [6, 6.07) is 9.65. The zero-order valence-electron chi connectivity index (χ0n) is 12.5. The molecule has 2 N–H and O–H groups in total. The molecule has 0 radical (unpaired) electrons. The Morgan fingerprint density at radius 2 is 2.05 bits per heavy atom. The summed E-state index contributed by atoms with van der Waals surface area (Å²) in [7, 11) is 1.61. The average molecular weight is 323 g/mol. The Morgan fingerprint density at radius 3 is 2.82 bits per heavy atom. The van der Waals surface area contributed by atoms with Crippen LogP contribution in [0.5, 0.6) is 5.88 Å². The molecular weight excluding hydrogens is 302 g/mol. The number of carbonyl (C=O) groups is 1. The summed E-state index contributed by atoms with van der Waals surface area (Å²) in [6.45, 7) is 1.57. The molecule has 2 aromatic rings. The molecule has 0 saturated carbocycles. The Hall–Kier alpha value is -2.02. The van der Waals surface area contributed by atoms with Gasteiger partial charge in [0.25, 0.3) is 0 Å². The number of hydrogen-bond acceptors (Lipinski definition) is 4. The summed E-state index contributed by atoms with van der Waals surface area (Å²) >= 11 is 4.03. The van der Waals surface area contributed by atoms with Gasteiger partial charge in [0.1, 0.15) is 6.61 Å². The monoisotopic (exact) mass is 323 g/mol. The van der Waals surface area contributed by atoms with Crippen molar-refractivity contribution in [3.8, 4) is 5.88 Å². The van der Waals surface area contributed by atoms with Gasteiger partial charge in [0.05, 0.1) is 12.6 Å². The number of para-hydroxylation sites is 1. The molecular formula is C15H21N3O3S. The number of nitrogens with zero attached hydrogens (tertiary/aromatic N) is 1. The predicted molar refractivity (Wildman–Crippen MR) is 89.8 cm³/mol. The summed E-state index contributed by atoms with van der Waals surface area (Å²) < 4.78 is 7.00. The number of carbonyl (C=O) groups excluding carboxylic acids is 1. The van der Waals surface area contributed by atoms with Gasteiger partial charge < -0.3 is 20.2 Å². The van der Waals surface area contributed by atoms with Crippen LogP contribution >= 0.6 is 12.6 Å². The molecule has 0 fully saturated rings. The first-order valence-corrected chi connectivity index (χ1v) is 7.80. The molecule has 2 amide bonds. The van der Waals surface area contributed by atoms with Crippen LogP contribution in [0.1, 0.15) is 6.42 Å². The third-order valence-corrected chi connectivity index (χ3v) is 3.29. The summed E-state index contributed by atoms with van der Waals surface area (Å²) in [5.41, 5.74) is 0.957. The van der Waals surface area contributed by atoms with Gasteiger partial charge in [-0.05, 0) is 6.07 Å². The van der Waals surface area contributed by atoms with Crippen molar-refractivity contribution >= 4 is 29.6 Å². The molecule has 120 valence electrons. The molecule has 2 rings (SSSR count). The van der Waals surface area contributed by atoms with Gasteiger partial charge in [-0.25, -0.2) is 4.79 Å². The highest BCUT2D eigenvalue weighted by molar-refractivity contribution is 7.80. The second kappa shape index (κ2) is 8.43. The maximum Gasteiger partial charge on any atom is 0.314 e. The number of fused-ring (bicyclic) bond motifs is 1. The van der Waals surface area contributed by atoms with Crippen molar-refractivity contribution in [3.63, 3.8) is 0 Å². The van der Waals surface area contributed by atoms with Crippen LogP contribution < -0.4 is 20.2 Å². The Kier molecular flexibility index (Phi) is 6.27. The van der Waals surface area contributed by atoms with E-state index in [0.29, 0.717) is 37.8 Å². The molecule has 0 aliphatic heterocycles. The lowest BCUT2D eigenvalue weighted by Crippen LogP contribution is -2.37. The Balaban J connectivity index is 1.81. The second-order valence-corrected chi connectivity index (χ2v) is 5.08. The average Bonchev–Trinajstić information content (AvgIpc) is 2.90. The number of amides is 2. The van der Waals surface area contributed by atoms with E-state index in [4.69, 9.17) is 9.57 Å². The highest BCUT2D eigenvalue weighted by Crippen LogP contribution is 2.23. The molecule has 1 aromatic carbocycles. The third-order valence-electron chi connectivity index (χ3n) is 3.07. The van der Waals surface area contributed by atoms with Crippen molar-refractivity contribution in [2.75, 3.05) is 32.6 Å². The van der Waals surface area contributed by atoms with E-state index in [9.17, 15) is 4.79 Å². The fourth-order valence-electron chi connectivity index (χ4n) is 2.04. The van der Waals surface area contributed by atoms with Crippen molar-refractivity contribution in [2.24, 2.45) is 0 Å². The van der Waals surface area contributed by atoms with E-state index in [1.807, 2.05) is 30.3 Å². The number of urea groups is 1. The lowest BCUT2D eigenvalue weighted by molar-refractivity contribution is 0.0986. The summed E-state index contributed by atoms with van der Waals surface area (Å²) in [6.07, 6.45) is 0.698. The maximum absolute atomic E-state index is 11.3. The zero-order valence-corrected chi connectivity index (χ0v) is 13.4. The number of ether oxygens (including phenoxy) is 1. The SMILES string of the molecule is COc1cc2ccccc2n1OCCCNC(=O)NCCS. The van der Waals surface area contributed by atoms with E-state index in [1.165, 1.54) is 0 Å². The minimum Gasteiger partial charge on any atom is -0.480 e. The molecule has 0 saturated heterocycles. The number of rotatable bonds is 8. The van der Waals surface area contributed by atoms with E-state index >= 15 is 0 Å². The van der Waals surface area contributed by atoms with Crippen LogP contribution in [0.4, 0.5) is 4.79 Å². The minimum atomic E-state index is -0.182. The summed E-state index contributed by atoms with van der Waals surface area (Å²) in [5, 5.41) is 6.50. The third kappa shape index (κ3) is 4.24. The molecule has 22 heavy (non-hydrogen) atoms. The van der Waals surface area contributed by atoms with Gasteiger partial charge in [-0.1, -0.05) is 18.2 Å². The second-order valence-electron chi connectivity index (χ2n) is 4.63. The largest absolute Gasteiger partial charge is 0.480 e. The molecule has 0 aliphatic rings. The maximum atomic E-state index is 11.3. The van der Waals surface area contributed by atoms with E-state index in [-0.39, 0.29) is 6.03 Å². The van der Waals surface area contributed by atoms with Crippen LogP contribution in [0.15, 0.2) is 30.3 Å². The van der Waals surface area contributed by atoms with Gasteiger partial charge in [-0.3, -0.25) is 0 Å². The molecule has 0 spiro atoms. The lowest BCUT2D eigenvalue weighted by Gasteiger charge is -2.11. The van der Waals surface area contributed by atoms with Gasteiger partial charge in [0.15, 0.2) is 0 Å². The summed E-state index contributed by atoms with van der Waals surface area (Å²) in [5.74, 6) is 1.28. The van der Waals surface area contributed by atoms with Crippen LogP contribution in [0.2, 0.25) is 0 Å². The summed E-state index contributed by atoms with van der Waals surface area (Å²) in [4.78, 5) is 17.1. The lowest BCUT2D eigenvalue weighted by atomic mass is 10.3. The Morgan fingerprint density at radius 1 is 1.27 bits per heavy atom. The van der Waals surface area contributed by atoms with Crippen molar-refractivity contribution in [1.82, 2.24) is 15.4 Å². The van der Waals surface area contributed by atoms with E-state index < -0.39 is 0 Å². The Labute approximate surface area is 135 Å².